The van der Waals surface area contributed by atoms with Crippen LogP contribution in [-0.2, 0) is 5.54 Å². The number of aromatic nitrogens is 1. The monoisotopic (exact) mass is 403 g/mol. The zero-order valence-electron chi connectivity index (χ0n) is 17.3. The van der Waals surface area contributed by atoms with Crippen molar-refractivity contribution in [2.45, 2.75) is 5.54 Å². The van der Waals surface area contributed by atoms with Crippen molar-refractivity contribution in [2.24, 2.45) is 0 Å². The van der Waals surface area contributed by atoms with Crippen LogP contribution in [0, 0.1) is 0 Å². The summed E-state index contributed by atoms with van der Waals surface area (Å²) in [5.41, 5.74) is 0.996. The molecular weight excluding hydrogens is 378 g/mol. The highest BCUT2D eigenvalue weighted by molar-refractivity contribution is 5.95. The fourth-order valence-corrected chi connectivity index (χ4v) is 3.46. The maximum atomic E-state index is 13.3. The number of hydrogen-bond acceptors (Lipinski definition) is 4. The van der Waals surface area contributed by atoms with Gasteiger partial charge in [-0.3, -0.25) is 4.90 Å². The van der Waals surface area contributed by atoms with Crippen LogP contribution in [-0.4, -0.2) is 32.3 Å². The van der Waals surface area contributed by atoms with Crippen molar-refractivity contribution >= 4 is 11.7 Å². The van der Waals surface area contributed by atoms with Crippen molar-refractivity contribution in [3.05, 3.63) is 96.7 Å². The number of methoxy groups -OCH3 is 2. The summed E-state index contributed by atoms with van der Waals surface area (Å²) < 4.78 is 10.6. The number of rotatable bonds is 7. The number of urea groups is 1. The summed E-state index contributed by atoms with van der Waals surface area (Å²) in [5.74, 6) is 1.14. The Balaban J connectivity index is 2.34. The Kier molecular flexibility index (Phi) is 6.37. The van der Waals surface area contributed by atoms with E-state index in [1.807, 2.05) is 66.7 Å². The maximum absolute atomic E-state index is 13.3. The van der Waals surface area contributed by atoms with Crippen LogP contribution < -0.4 is 19.7 Å². The van der Waals surface area contributed by atoms with Gasteiger partial charge in [-0.05, 0) is 35.9 Å². The van der Waals surface area contributed by atoms with Crippen LogP contribution in [0.5, 0.6) is 11.6 Å². The van der Waals surface area contributed by atoms with Crippen molar-refractivity contribution in [3.63, 3.8) is 0 Å². The molecule has 1 heterocycles. The number of ether oxygens (including phenoxy) is 2. The smallest absolute Gasteiger partial charge is 0.322 e. The number of amides is 2. The van der Waals surface area contributed by atoms with Gasteiger partial charge in [0.05, 0.1) is 19.9 Å². The van der Waals surface area contributed by atoms with Crippen molar-refractivity contribution in [1.82, 2.24) is 10.3 Å². The van der Waals surface area contributed by atoms with Gasteiger partial charge in [0.1, 0.15) is 11.3 Å². The molecular formula is C24H25N3O3. The van der Waals surface area contributed by atoms with E-state index in [2.05, 4.69) is 16.9 Å². The lowest BCUT2D eigenvalue weighted by Crippen LogP contribution is -2.53. The van der Waals surface area contributed by atoms with Gasteiger partial charge in [-0.2, -0.15) is 0 Å². The fourth-order valence-electron chi connectivity index (χ4n) is 3.46. The van der Waals surface area contributed by atoms with Crippen LogP contribution >= 0.6 is 0 Å². The highest BCUT2D eigenvalue weighted by Crippen LogP contribution is 2.40. The van der Waals surface area contributed by atoms with E-state index in [9.17, 15) is 4.79 Å². The number of nitrogens with one attached hydrogen (secondary N) is 1. The lowest BCUT2D eigenvalue weighted by atomic mass is 9.83. The van der Waals surface area contributed by atoms with Gasteiger partial charge in [0.15, 0.2) is 0 Å². The average molecular weight is 403 g/mol. The molecule has 0 spiro atoms. The van der Waals surface area contributed by atoms with Gasteiger partial charge >= 0.3 is 6.03 Å². The Hall–Kier alpha value is -3.80. The zero-order valence-corrected chi connectivity index (χ0v) is 17.3. The fraction of sp³-hybridized carbons (Fsp3) is 0.167. The molecule has 0 saturated carbocycles. The van der Waals surface area contributed by atoms with Crippen LogP contribution in [0.2, 0.25) is 0 Å². The Bertz CT molecular complexity index is 1010. The Morgan fingerprint density at radius 1 is 1.00 bits per heavy atom. The Labute approximate surface area is 176 Å². The highest BCUT2D eigenvalue weighted by Gasteiger charge is 2.43. The molecule has 1 N–H and O–H groups in total. The predicted molar refractivity (Wildman–Crippen MR) is 118 cm³/mol. The molecule has 0 aliphatic carbocycles. The second-order valence-corrected chi connectivity index (χ2v) is 6.49. The molecule has 30 heavy (non-hydrogen) atoms. The van der Waals surface area contributed by atoms with E-state index in [1.54, 1.807) is 38.3 Å². The van der Waals surface area contributed by atoms with Gasteiger partial charge in [-0.1, -0.05) is 49.1 Å². The van der Waals surface area contributed by atoms with E-state index in [0.29, 0.717) is 23.0 Å². The standard InChI is InChI=1S/C24H25N3O3/c1-5-24(18-10-7-6-8-11-18,21-12-9-13-22(26-21)30-4)27(23(28)25-2)19-14-16-20(29-3)17-15-19/h5-17H,1H2,2-4H3,(H,25,28). The number of benzene rings is 2. The van der Waals surface area contributed by atoms with Crippen LogP contribution in [0.1, 0.15) is 11.3 Å². The van der Waals surface area contributed by atoms with E-state index in [1.165, 1.54) is 0 Å². The molecule has 0 bridgehead atoms. The zero-order chi connectivity index (χ0) is 21.6. The third-order valence-electron chi connectivity index (χ3n) is 4.93. The van der Waals surface area contributed by atoms with Crippen molar-refractivity contribution in [3.8, 4) is 11.6 Å². The minimum Gasteiger partial charge on any atom is -0.497 e. The van der Waals surface area contributed by atoms with E-state index in [0.717, 1.165) is 5.56 Å². The molecule has 1 unspecified atom stereocenters. The average Bonchev–Trinajstić information content (AvgIpc) is 2.83. The lowest BCUT2D eigenvalue weighted by molar-refractivity contribution is 0.244. The molecule has 154 valence electrons. The molecule has 0 aliphatic rings. The first-order chi connectivity index (χ1) is 14.6. The van der Waals surface area contributed by atoms with Gasteiger partial charge in [0.2, 0.25) is 5.88 Å². The Morgan fingerprint density at radius 2 is 1.70 bits per heavy atom. The van der Waals surface area contributed by atoms with E-state index >= 15 is 0 Å². The summed E-state index contributed by atoms with van der Waals surface area (Å²) in [6.45, 7) is 4.11. The van der Waals surface area contributed by atoms with Crippen LogP contribution in [0.25, 0.3) is 0 Å². The molecule has 2 aromatic carbocycles. The van der Waals surface area contributed by atoms with Crippen molar-refractivity contribution < 1.29 is 14.3 Å². The summed E-state index contributed by atoms with van der Waals surface area (Å²) >= 11 is 0. The van der Waals surface area contributed by atoms with Crippen LogP contribution in [0.3, 0.4) is 0 Å². The SMILES string of the molecule is C=CC(c1ccccc1)(c1cccc(OC)n1)N(C(=O)NC)c1ccc(OC)cc1. The largest absolute Gasteiger partial charge is 0.497 e. The van der Waals surface area contributed by atoms with Crippen molar-refractivity contribution in [2.75, 3.05) is 26.2 Å². The topological polar surface area (TPSA) is 63.7 Å². The molecule has 0 aliphatic heterocycles. The third-order valence-corrected chi connectivity index (χ3v) is 4.93. The molecule has 6 nitrogen and oxygen atoms in total. The third kappa shape index (κ3) is 3.72. The van der Waals surface area contributed by atoms with Crippen molar-refractivity contribution in [1.29, 1.82) is 0 Å². The molecule has 3 rings (SSSR count). The number of carbonyl (C=O) groups is 1. The molecule has 1 aromatic heterocycles. The molecule has 6 heteroatoms. The van der Waals surface area contributed by atoms with Crippen LogP contribution in [0.15, 0.2) is 85.5 Å². The van der Waals surface area contributed by atoms with E-state index in [4.69, 9.17) is 9.47 Å². The summed E-state index contributed by atoms with van der Waals surface area (Å²) in [6.07, 6.45) is 1.73. The van der Waals surface area contributed by atoms with Gasteiger partial charge < -0.3 is 14.8 Å². The maximum Gasteiger partial charge on any atom is 0.322 e. The number of carbonyl (C=O) groups excluding carboxylic acids is 1. The van der Waals surface area contributed by atoms with Gasteiger partial charge in [-0.25, -0.2) is 9.78 Å². The van der Waals surface area contributed by atoms with Crippen LogP contribution in [0.4, 0.5) is 10.5 Å². The molecule has 0 fully saturated rings. The first kappa shape index (κ1) is 20.9. The van der Waals surface area contributed by atoms with Gasteiger partial charge in [0.25, 0.3) is 0 Å². The summed E-state index contributed by atoms with van der Waals surface area (Å²) in [7, 11) is 4.75. The van der Waals surface area contributed by atoms with Gasteiger partial charge in [-0.15, -0.1) is 0 Å². The van der Waals surface area contributed by atoms with Gasteiger partial charge in [0, 0.05) is 18.8 Å². The lowest BCUT2D eigenvalue weighted by Gasteiger charge is -2.41. The molecule has 3 aromatic rings. The number of anilines is 1. The summed E-state index contributed by atoms with van der Waals surface area (Å²) in [6, 6.07) is 22.1. The minimum absolute atomic E-state index is 0.312. The minimum atomic E-state index is -1.09. The number of pyridine rings is 1. The highest BCUT2D eigenvalue weighted by atomic mass is 16.5. The molecule has 1 atom stereocenters. The molecule has 2 amide bonds. The quantitative estimate of drug-likeness (QED) is 0.595. The Morgan fingerprint density at radius 3 is 2.27 bits per heavy atom. The second kappa shape index (κ2) is 9.13. The van der Waals surface area contributed by atoms with E-state index in [-0.39, 0.29) is 6.03 Å². The normalized spacial score (nSPS) is 12.4. The number of hydrogen-bond donors (Lipinski definition) is 1. The predicted octanol–water partition coefficient (Wildman–Crippen LogP) is 4.37. The summed E-state index contributed by atoms with van der Waals surface area (Å²) in [4.78, 5) is 19.6. The first-order valence-corrected chi connectivity index (χ1v) is 9.47. The second-order valence-electron chi connectivity index (χ2n) is 6.49. The molecule has 0 saturated heterocycles. The number of nitrogens with zero attached hydrogens (tertiary/aromatic N) is 2. The van der Waals surface area contributed by atoms with E-state index < -0.39 is 5.54 Å². The summed E-state index contributed by atoms with van der Waals surface area (Å²) in [5, 5.41) is 2.75. The molecule has 0 radical (unpaired) electrons. The first-order valence-electron chi connectivity index (χ1n) is 9.47.